The van der Waals surface area contributed by atoms with Crippen molar-refractivity contribution in [1.29, 1.82) is 0 Å². The zero-order valence-corrected chi connectivity index (χ0v) is 20.5. The van der Waals surface area contributed by atoms with Crippen LogP contribution < -0.4 is 16.4 Å². The summed E-state index contributed by atoms with van der Waals surface area (Å²) in [6, 6.07) is 16.9. The second-order valence-corrected chi connectivity index (χ2v) is 8.95. The molecule has 3 rings (SSSR count). The number of hydrogen-bond acceptors (Lipinski definition) is 4. The standard InChI is InChI=1S/C27H30ClN3O3/c1-15-10-19(8-9-23(15)28)18(4)30-22-7-5-6-20(13-22)21-11-16(2)25(17(3)12-21)26(32)31-24(14-29)27(33)34/h5-13,18,24,30H,14,29H2,1-4H3,(H,31,32)(H,33,34)/t18-,24?/m1/s1. The summed E-state index contributed by atoms with van der Waals surface area (Å²) in [6.07, 6.45) is 0. The van der Waals surface area contributed by atoms with Crippen LogP contribution in [0.1, 0.15) is 45.6 Å². The van der Waals surface area contributed by atoms with E-state index in [1.54, 1.807) is 0 Å². The van der Waals surface area contributed by atoms with Gasteiger partial charge in [0.25, 0.3) is 5.91 Å². The normalized spacial score (nSPS) is 12.6. The van der Waals surface area contributed by atoms with Gasteiger partial charge in [0.1, 0.15) is 6.04 Å². The lowest BCUT2D eigenvalue weighted by atomic mass is 9.94. The smallest absolute Gasteiger partial charge is 0.327 e. The number of aryl methyl sites for hydroxylation is 3. The molecule has 0 heterocycles. The van der Waals surface area contributed by atoms with E-state index in [0.29, 0.717) is 5.56 Å². The minimum atomic E-state index is -1.16. The largest absolute Gasteiger partial charge is 0.480 e. The SMILES string of the molecule is Cc1cc([C@@H](C)Nc2cccc(-c3cc(C)c(C(=O)NC(CN)C(=O)O)c(C)c3)c2)ccc1Cl. The molecule has 0 aliphatic heterocycles. The molecule has 2 atom stereocenters. The highest BCUT2D eigenvalue weighted by Crippen LogP contribution is 2.29. The Morgan fingerprint density at radius 3 is 2.24 bits per heavy atom. The minimum Gasteiger partial charge on any atom is -0.480 e. The molecule has 1 unspecified atom stereocenters. The summed E-state index contributed by atoms with van der Waals surface area (Å²) in [5.74, 6) is -1.60. The molecule has 3 aromatic rings. The van der Waals surface area contributed by atoms with Gasteiger partial charge in [-0.25, -0.2) is 4.79 Å². The van der Waals surface area contributed by atoms with Crippen LogP contribution in [0.5, 0.6) is 0 Å². The lowest BCUT2D eigenvalue weighted by molar-refractivity contribution is -0.138. The lowest BCUT2D eigenvalue weighted by Gasteiger charge is -2.18. The van der Waals surface area contributed by atoms with Gasteiger partial charge in [0.15, 0.2) is 0 Å². The number of nitrogens with one attached hydrogen (secondary N) is 2. The number of carboxylic acid groups (broad SMARTS) is 1. The summed E-state index contributed by atoms with van der Waals surface area (Å²) in [6.45, 7) is 7.60. The molecule has 0 aliphatic rings. The van der Waals surface area contributed by atoms with Gasteiger partial charge in [0, 0.05) is 28.9 Å². The molecule has 6 nitrogen and oxygen atoms in total. The molecule has 3 aromatic carbocycles. The van der Waals surface area contributed by atoms with Gasteiger partial charge < -0.3 is 21.5 Å². The highest BCUT2D eigenvalue weighted by atomic mass is 35.5. The highest BCUT2D eigenvalue weighted by Gasteiger charge is 2.21. The summed E-state index contributed by atoms with van der Waals surface area (Å²) in [7, 11) is 0. The van der Waals surface area contributed by atoms with Crippen LogP contribution in [0, 0.1) is 20.8 Å². The Morgan fingerprint density at radius 2 is 1.65 bits per heavy atom. The maximum atomic E-state index is 12.7. The Morgan fingerprint density at radius 1 is 0.971 bits per heavy atom. The quantitative estimate of drug-likeness (QED) is 0.353. The molecule has 0 aliphatic carbocycles. The van der Waals surface area contributed by atoms with E-state index in [-0.39, 0.29) is 12.6 Å². The first kappa shape index (κ1) is 25.3. The van der Waals surface area contributed by atoms with E-state index in [9.17, 15) is 14.7 Å². The molecule has 0 aromatic heterocycles. The fourth-order valence-corrected chi connectivity index (χ4v) is 4.12. The monoisotopic (exact) mass is 479 g/mol. The van der Waals surface area contributed by atoms with Gasteiger partial charge in [0.2, 0.25) is 0 Å². The van der Waals surface area contributed by atoms with Crippen molar-refractivity contribution in [3.05, 3.63) is 87.4 Å². The number of rotatable bonds is 8. The molecule has 34 heavy (non-hydrogen) atoms. The zero-order chi connectivity index (χ0) is 25.0. The zero-order valence-electron chi connectivity index (χ0n) is 19.8. The molecule has 1 amide bonds. The van der Waals surface area contributed by atoms with Crippen molar-refractivity contribution >= 4 is 29.2 Å². The average molecular weight is 480 g/mol. The summed E-state index contributed by atoms with van der Waals surface area (Å²) >= 11 is 6.16. The predicted octanol–water partition coefficient (Wildman–Crippen LogP) is 5.25. The fraction of sp³-hybridized carbons (Fsp3) is 0.259. The van der Waals surface area contributed by atoms with Crippen LogP contribution in [0.4, 0.5) is 5.69 Å². The average Bonchev–Trinajstić information content (AvgIpc) is 2.78. The van der Waals surface area contributed by atoms with Gasteiger partial charge in [-0.15, -0.1) is 0 Å². The summed E-state index contributed by atoms with van der Waals surface area (Å²) in [5.41, 5.74) is 12.6. The molecular weight excluding hydrogens is 450 g/mol. The number of carbonyl (C=O) groups excluding carboxylic acids is 1. The van der Waals surface area contributed by atoms with Gasteiger partial charge in [0.05, 0.1) is 0 Å². The fourth-order valence-electron chi connectivity index (χ4n) is 4.00. The maximum Gasteiger partial charge on any atom is 0.327 e. The number of carboxylic acids is 1. The third-order valence-electron chi connectivity index (χ3n) is 5.86. The number of amides is 1. The minimum absolute atomic E-state index is 0.0884. The van der Waals surface area contributed by atoms with E-state index in [1.165, 1.54) is 0 Å². The van der Waals surface area contributed by atoms with Crippen LogP contribution in [0.25, 0.3) is 11.1 Å². The van der Waals surface area contributed by atoms with E-state index >= 15 is 0 Å². The maximum absolute atomic E-state index is 12.7. The number of aliphatic carboxylic acids is 1. The number of anilines is 1. The Bertz CT molecular complexity index is 1200. The van der Waals surface area contributed by atoms with Crippen LogP contribution in [-0.2, 0) is 4.79 Å². The van der Waals surface area contributed by atoms with Crippen molar-refractivity contribution in [3.63, 3.8) is 0 Å². The summed E-state index contributed by atoms with van der Waals surface area (Å²) < 4.78 is 0. The van der Waals surface area contributed by atoms with Gasteiger partial charge in [-0.2, -0.15) is 0 Å². The van der Waals surface area contributed by atoms with Crippen molar-refractivity contribution < 1.29 is 14.7 Å². The van der Waals surface area contributed by atoms with Gasteiger partial charge in [-0.1, -0.05) is 48.0 Å². The number of halogens is 1. The molecule has 0 radical (unpaired) electrons. The molecule has 0 bridgehead atoms. The van der Waals surface area contributed by atoms with E-state index in [0.717, 1.165) is 44.1 Å². The molecular formula is C27H30ClN3O3. The number of carbonyl (C=O) groups is 2. The molecule has 0 saturated heterocycles. The van der Waals surface area contributed by atoms with Crippen molar-refractivity contribution in [1.82, 2.24) is 5.32 Å². The van der Waals surface area contributed by atoms with Crippen LogP contribution in [0.3, 0.4) is 0 Å². The first-order chi connectivity index (χ1) is 16.1. The topological polar surface area (TPSA) is 104 Å². The Kier molecular flexibility index (Phi) is 7.97. The first-order valence-corrected chi connectivity index (χ1v) is 11.5. The van der Waals surface area contributed by atoms with Crippen LogP contribution >= 0.6 is 11.6 Å². The van der Waals surface area contributed by atoms with Gasteiger partial charge in [-0.05, 0) is 79.3 Å². The van der Waals surface area contributed by atoms with Crippen molar-refractivity contribution in [2.24, 2.45) is 5.73 Å². The van der Waals surface area contributed by atoms with Crippen LogP contribution in [-0.4, -0.2) is 29.6 Å². The van der Waals surface area contributed by atoms with Gasteiger partial charge >= 0.3 is 5.97 Å². The molecule has 5 N–H and O–H groups in total. The Hall–Kier alpha value is -3.35. The second kappa shape index (κ2) is 10.7. The molecule has 0 fully saturated rings. The van der Waals surface area contributed by atoms with Crippen LogP contribution in [0.2, 0.25) is 5.02 Å². The second-order valence-electron chi connectivity index (χ2n) is 8.54. The van der Waals surface area contributed by atoms with Crippen molar-refractivity contribution in [3.8, 4) is 11.1 Å². The number of hydrogen-bond donors (Lipinski definition) is 4. The number of benzene rings is 3. The van der Waals surface area contributed by atoms with Gasteiger partial charge in [-0.3, -0.25) is 4.79 Å². The summed E-state index contributed by atoms with van der Waals surface area (Å²) in [4.78, 5) is 23.9. The molecule has 0 saturated carbocycles. The van der Waals surface area contributed by atoms with Crippen molar-refractivity contribution in [2.45, 2.75) is 39.8 Å². The first-order valence-electron chi connectivity index (χ1n) is 11.1. The lowest BCUT2D eigenvalue weighted by Crippen LogP contribution is -2.46. The van der Waals surface area contributed by atoms with E-state index in [1.807, 2.05) is 63.2 Å². The third-order valence-corrected chi connectivity index (χ3v) is 6.28. The molecule has 0 spiro atoms. The third kappa shape index (κ3) is 5.76. The predicted molar refractivity (Wildman–Crippen MR) is 138 cm³/mol. The van der Waals surface area contributed by atoms with E-state index in [4.69, 9.17) is 17.3 Å². The Balaban J connectivity index is 1.84. The summed E-state index contributed by atoms with van der Waals surface area (Å²) in [5, 5.41) is 16.0. The van der Waals surface area contributed by atoms with Crippen LogP contribution in [0.15, 0.2) is 54.6 Å². The van der Waals surface area contributed by atoms with E-state index in [2.05, 4.69) is 29.7 Å². The van der Waals surface area contributed by atoms with E-state index < -0.39 is 17.9 Å². The highest BCUT2D eigenvalue weighted by molar-refractivity contribution is 6.31. The molecule has 7 heteroatoms. The number of nitrogens with two attached hydrogens (primary N) is 1. The van der Waals surface area contributed by atoms with Crippen molar-refractivity contribution in [2.75, 3.05) is 11.9 Å². The molecule has 178 valence electrons. The Labute approximate surface area is 205 Å².